The molecule has 1 N–H and O–H groups in total. The average molecular weight is 222 g/mol. The molecule has 5 heteroatoms. The van der Waals surface area contributed by atoms with Crippen LogP contribution in [-0.2, 0) is 22.6 Å². The SMILES string of the molecule is Cc1nc(C(C)C(=O)O)nc2c1COCC2. The maximum Gasteiger partial charge on any atom is 0.313 e. The molecule has 0 saturated carbocycles. The van der Waals surface area contributed by atoms with E-state index in [1.165, 1.54) is 0 Å². The van der Waals surface area contributed by atoms with Crippen LogP contribution < -0.4 is 0 Å². The standard InChI is InChI=1S/C11H14N2O3/c1-6(11(14)15)10-12-7(2)8-5-16-4-3-9(8)13-10/h6H,3-5H2,1-2H3,(H,14,15). The van der Waals surface area contributed by atoms with E-state index >= 15 is 0 Å². The Kier molecular flexibility index (Phi) is 2.87. The summed E-state index contributed by atoms with van der Waals surface area (Å²) >= 11 is 0. The number of hydrogen-bond donors (Lipinski definition) is 1. The number of hydrogen-bond acceptors (Lipinski definition) is 4. The molecule has 1 unspecified atom stereocenters. The minimum absolute atomic E-state index is 0.394. The van der Waals surface area contributed by atoms with E-state index in [-0.39, 0.29) is 0 Å². The van der Waals surface area contributed by atoms with E-state index in [1.54, 1.807) is 6.92 Å². The van der Waals surface area contributed by atoms with Crippen LogP contribution >= 0.6 is 0 Å². The first-order valence-electron chi connectivity index (χ1n) is 5.26. The average Bonchev–Trinajstić information content (AvgIpc) is 2.28. The molecule has 1 aromatic rings. The Morgan fingerprint density at radius 1 is 1.50 bits per heavy atom. The number of fused-ring (bicyclic) bond motifs is 1. The third kappa shape index (κ3) is 1.90. The molecule has 0 saturated heterocycles. The second kappa shape index (κ2) is 4.17. The van der Waals surface area contributed by atoms with Gasteiger partial charge in [-0.05, 0) is 13.8 Å². The summed E-state index contributed by atoms with van der Waals surface area (Å²) in [6, 6.07) is 0. The zero-order valence-electron chi connectivity index (χ0n) is 9.36. The van der Waals surface area contributed by atoms with E-state index in [0.717, 1.165) is 23.4 Å². The number of nitrogens with zero attached hydrogens (tertiary/aromatic N) is 2. The molecule has 0 spiro atoms. The minimum Gasteiger partial charge on any atom is -0.481 e. The molecule has 5 nitrogen and oxygen atoms in total. The number of carbonyl (C=O) groups is 1. The van der Waals surface area contributed by atoms with Gasteiger partial charge in [0.1, 0.15) is 11.7 Å². The van der Waals surface area contributed by atoms with Gasteiger partial charge in [0.25, 0.3) is 0 Å². The van der Waals surface area contributed by atoms with Crippen molar-refractivity contribution in [2.75, 3.05) is 6.61 Å². The van der Waals surface area contributed by atoms with E-state index in [4.69, 9.17) is 9.84 Å². The molecular weight excluding hydrogens is 208 g/mol. The van der Waals surface area contributed by atoms with Crippen molar-refractivity contribution >= 4 is 5.97 Å². The summed E-state index contributed by atoms with van der Waals surface area (Å²) in [6.45, 7) is 4.64. The van der Waals surface area contributed by atoms with Gasteiger partial charge in [-0.3, -0.25) is 4.79 Å². The van der Waals surface area contributed by atoms with Crippen LogP contribution in [0.1, 0.15) is 35.6 Å². The van der Waals surface area contributed by atoms with Crippen molar-refractivity contribution in [1.29, 1.82) is 0 Å². The zero-order valence-corrected chi connectivity index (χ0v) is 9.36. The number of aromatic nitrogens is 2. The second-order valence-electron chi connectivity index (χ2n) is 3.95. The summed E-state index contributed by atoms with van der Waals surface area (Å²) in [5.41, 5.74) is 2.77. The quantitative estimate of drug-likeness (QED) is 0.809. The molecule has 1 aromatic heterocycles. The van der Waals surface area contributed by atoms with Crippen molar-refractivity contribution in [2.45, 2.75) is 32.8 Å². The molecule has 0 aromatic carbocycles. The number of ether oxygens (including phenoxy) is 1. The van der Waals surface area contributed by atoms with Crippen LogP contribution in [0.5, 0.6) is 0 Å². The van der Waals surface area contributed by atoms with Crippen LogP contribution in [0.4, 0.5) is 0 Å². The van der Waals surface area contributed by atoms with Gasteiger partial charge in [0.05, 0.1) is 18.9 Å². The van der Waals surface area contributed by atoms with Gasteiger partial charge in [0, 0.05) is 17.7 Å². The third-order valence-electron chi connectivity index (χ3n) is 2.80. The highest BCUT2D eigenvalue weighted by Gasteiger charge is 2.21. The molecule has 1 aliphatic rings. The van der Waals surface area contributed by atoms with Crippen LogP contribution in [-0.4, -0.2) is 27.7 Å². The minimum atomic E-state index is -0.897. The smallest absolute Gasteiger partial charge is 0.313 e. The fourth-order valence-corrected chi connectivity index (χ4v) is 1.72. The summed E-state index contributed by atoms with van der Waals surface area (Å²) in [7, 11) is 0. The molecule has 0 fully saturated rings. The van der Waals surface area contributed by atoms with Gasteiger partial charge >= 0.3 is 5.97 Å². The van der Waals surface area contributed by atoms with E-state index in [1.807, 2.05) is 6.92 Å². The van der Waals surface area contributed by atoms with Crippen LogP contribution in [0.15, 0.2) is 0 Å². The van der Waals surface area contributed by atoms with Gasteiger partial charge in [-0.1, -0.05) is 0 Å². The monoisotopic (exact) mass is 222 g/mol. The zero-order chi connectivity index (χ0) is 11.7. The van der Waals surface area contributed by atoms with Crippen molar-refractivity contribution in [3.8, 4) is 0 Å². The molecule has 0 bridgehead atoms. The third-order valence-corrected chi connectivity index (χ3v) is 2.80. The predicted octanol–water partition coefficient (Wildman–Crippen LogP) is 1.05. The van der Waals surface area contributed by atoms with Crippen molar-refractivity contribution in [1.82, 2.24) is 9.97 Å². The molecule has 0 radical (unpaired) electrons. The van der Waals surface area contributed by atoms with Crippen LogP contribution in [0, 0.1) is 6.92 Å². The lowest BCUT2D eigenvalue weighted by Gasteiger charge is -2.18. The van der Waals surface area contributed by atoms with E-state index in [2.05, 4.69) is 9.97 Å². The number of carboxylic acids is 1. The lowest BCUT2D eigenvalue weighted by molar-refractivity contribution is -0.138. The lowest BCUT2D eigenvalue weighted by Crippen LogP contribution is -2.19. The normalized spacial score (nSPS) is 16.6. The van der Waals surface area contributed by atoms with Gasteiger partial charge in [-0.2, -0.15) is 0 Å². The van der Waals surface area contributed by atoms with Gasteiger partial charge in [-0.15, -0.1) is 0 Å². The summed E-state index contributed by atoms with van der Waals surface area (Å²) in [4.78, 5) is 19.4. The Morgan fingerprint density at radius 2 is 2.25 bits per heavy atom. The highest BCUT2D eigenvalue weighted by Crippen LogP contribution is 2.20. The van der Waals surface area contributed by atoms with Gasteiger partial charge in [0.2, 0.25) is 0 Å². The van der Waals surface area contributed by atoms with Crippen LogP contribution in [0.3, 0.4) is 0 Å². The molecule has 1 atom stereocenters. The van der Waals surface area contributed by atoms with E-state index < -0.39 is 11.9 Å². The number of aliphatic carboxylic acids is 1. The van der Waals surface area contributed by atoms with Crippen molar-refractivity contribution < 1.29 is 14.6 Å². The Morgan fingerprint density at radius 3 is 2.94 bits per heavy atom. The summed E-state index contributed by atoms with van der Waals surface area (Å²) in [5.74, 6) is -1.16. The Labute approximate surface area is 93.5 Å². The van der Waals surface area contributed by atoms with Crippen LogP contribution in [0.25, 0.3) is 0 Å². The number of aryl methyl sites for hydroxylation is 1. The van der Waals surface area contributed by atoms with Gasteiger partial charge < -0.3 is 9.84 Å². The Hall–Kier alpha value is -1.49. The topological polar surface area (TPSA) is 72.3 Å². The number of carboxylic acid groups (broad SMARTS) is 1. The first kappa shape index (κ1) is 11.0. The molecule has 1 aliphatic heterocycles. The Bertz CT molecular complexity index is 431. The summed E-state index contributed by atoms with van der Waals surface area (Å²) in [5, 5.41) is 8.93. The fraction of sp³-hybridized carbons (Fsp3) is 0.545. The lowest BCUT2D eigenvalue weighted by atomic mass is 10.1. The van der Waals surface area contributed by atoms with Gasteiger partial charge in [-0.25, -0.2) is 9.97 Å². The highest BCUT2D eigenvalue weighted by atomic mass is 16.5. The molecule has 2 heterocycles. The predicted molar refractivity (Wildman–Crippen MR) is 56.2 cm³/mol. The van der Waals surface area contributed by atoms with Crippen molar-refractivity contribution in [2.24, 2.45) is 0 Å². The first-order chi connectivity index (χ1) is 7.59. The second-order valence-corrected chi connectivity index (χ2v) is 3.95. The van der Waals surface area contributed by atoms with Crippen LogP contribution in [0.2, 0.25) is 0 Å². The van der Waals surface area contributed by atoms with E-state index in [9.17, 15) is 4.79 Å². The van der Waals surface area contributed by atoms with Gasteiger partial charge in [0.15, 0.2) is 0 Å². The fourth-order valence-electron chi connectivity index (χ4n) is 1.72. The molecular formula is C11H14N2O3. The molecule has 0 amide bonds. The number of rotatable bonds is 2. The maximum atomic E-state index is 10.9. The highest BCUT2D eigenvalue weighted by molar-refractivity contribution is 5.74. The summed E-state index contributed by atoms with van der Waals surface area (Å²) in [6.07, 6.45) is 0.734. The molecule has 16 heavy (non-hydrogen) atoms. The molecule has 0 aliphatic carbocycles. The van der Waals surface area contributed by atoms with Crippen molar-refractivity contribution in [3.63, 3.8) is 0 Å². The van der Waals surface area contributed by atoms with E-state index in [0.29, 0.717) is 19.0 Å². The molecule has 86 valence electrons. The molecule has 2 rings (SSSR count). The maximum absolute atomic E-state index is 10.9. The Balaban J connectivity index is 2.42. The van der Waals surface area contributed by atoms with Crippen molar-refractivity contribution in [3.05, 3.63) is 22.8 Å². The largest absolute Gasteiger partial charge is 0.481 e. The summed E-state index contributed by atoms with van der Waals surface area (Å²) < 4.78 is 5.33. The first-order valence-corrected chi connectivity index (χ1v) is 5.26.